The molecule has 2 heterocycles. The topological polar surface area (TPSA) is 84.3 Å². The van der Waals surface area contributed by atoms with E-state index >= 15 is 0 Å². The second-order valence-electron chi connectivity index (χ2n) is 6.07. The Bertz CT molecular complexity index is 672. The maximum Gasteiger partial charge on any atom is 0.252 e. The van der Waals surface area contributed by atoms with Gasteiger partial charge in [-0.25, -0.2) is 9.97 Å². The molecule has 1 aromatic heterocycles. The number of aryl methyl sites for hydroxylation is 2. The monoisotopic (exact) mass is 364 g/mol. The molecule has 128 valence electrons. The van der Waals surface area contributed by atoms with Gasteiger partial charge in [0.25, 0.3) is 5.91 Å². The van der Waals surface area contributed by atoms with Gasteiger partial charge in [0.05, 0.1) is 11.7 Å². The molecule has 24 heavy (non-hydrogen) atoms. The lowest BCUT2D eigenvalue weighted by atomic mass is 9.88. The van der Waals surface area contributed by atoms with Gasteiger partial charge in [-0.2, -0.15) is 4.99 Å². The first-order valence-electron chi connectivity index (χ1n) is 8.05. The van der Waals surface area contributed by atoms with Gasteiger partial charge in [0.1, 0.15) is 0 Å². The third kappa shape index (κ3) is 4.36. The van der Waals surface area contributed by atoms with Crippen molar-refractivity contribution in [3.05, 3.63) is 17.5 Å². The molecule has 1 aromatic rings. The summed E-state index contributed by atoms with van der Waals surface area (Å²) in [5, 5.41) is 4.04. The van der Waals surface area contributed by atoms with Crippen molar-refractivity contribution < 1.29 is 9.59 Å². The Morgan fingerprint density at radius 2 is 2.00 bits per heavy atom. The number of rotatable bonds is 3. The first-order chi connectivity index (χ1) is 11.5. The summed E-state index contributed by atoms with van der Waals surface area (Å²) in [6.07, 6.45) is 4.17. The first kappa shape index (κ1) is 17.4. The van der Waals surface area contributed by atoms with Crippen LogP contribution >= 0.6 is 23.5 Å². The van der Waals surface area contributed by atoms with E-state index in [-0.39, 0.29) is 28.7 Å². The number of fused-ring (bicyclic) bond motifs is 1. The van der Waals surface area contributed by atoms with Crippen LogP contribution in [0.4, 0.5) is 0 Å². The van der Waals surface area contributed by atoms with Gasteiger partial charge in [0.2, 0.25) is 5.91 Å². The van der Waals surface area contributed by atoms with Crippen molar-refractivity contribution in [2.45, 2.75) is 49.9 Å². The van der Waals surface area contributed by atoms with Crippen LogP contribution < -0.4 is 5.32 Å². The van der Waals surface area contributed by atoms with Crippen molar-refractivity contribution in [1.29, 1.82) is 0 Å². The van der Waals surface area contributed by atoms with Crippen LogP contribution in [0.3, 0.4) is 0 Å². The number of nitrogens with one attached hydrogen (secondary N) is 1. The molecule has 1 N–H and O–H groups in total. The second-order valence-corrected chi connectivity index (χ2v) is 8.24. The van der Waals surface area contributed by atoms with Gasteiger partial charge in [-0.15, -0.1) is 0 Å². The zero-order valence-corrected chi connectivity index (χ0v) is 15.4. The number of amides is 2. The number of aromatic nitrogens is 2. The average Bonchev–Trinajstić information content (AvgIpc) is 2.52. The summed E-state index contributed by atoms with van der Waals surface area (Å²) in [5.74, 6) is -0.0392. The Kier molecular flexibility index (Phi) is 5.55. The molecular formula is C16H20N4O2S2. The number of hydrogen-bond acceptors (Lipinski definition) is 6. The van der Waals surface area contributed by atoms with E-state index in [1.165, 1.54) is 23.5 Å². The summed E-state index contributed by atoms with van der Waals surface area (Å²) >= 11 is 2.82. The van der Waals surface area contributed by atoms with Crippen LogP contribution in [0, 0.1) is 19.8 Å². The number of carbonyl (C=O) groups is 2. The molecule has 1 fully saturated rings. The minimum absolute atomic E-state index is 0.0300. The lowest BCUT2D eigenvalue weighted by Crippen LogP contribution is -2.40. The summed E-state index contributed by atoms with van der Waals surface area (Å²) in [6, 6.07) is 1.89. The van der Waals surface area contributed by atoms with E-state index in [0.717, 1.165) is 37.1 Å². The number of carbonyl (C=O) groups excluding carboxylic acids is 2. The molecular weight excluding hydrogens is 344 g/mol. The SMILES string of the molecule is Cc1cc(C)nc(SCC(=O)NC2=NC(=O)C3CCCCC3S2)n1. The lowest BCUT2D eigenvalue weighted by Gasteiger charge is -2.32. The van der Waals surface area contributed by atoms with Gasteiger partial charge >= 0.3 is 0 Å². The van der Waals surface area contributed by atoms with E-state index in [9.17, 15) is 9.59 Å². The second kappa shape index (κ2) is 7.65. The Balaban J connectivity index is 1.55. The number of thioether (sulfide) groups is 2. The Labute approximate surface area is 149 Å². The fraction of sp³-hybridized carbons (Fsp3) is 0.562. The highest BCUT2D eigenvalue weighted by atomic mass is 32.2. The predicted molar refractivity (Wildman–Crippen MR) is 96.2 cm³/mol. The highest BCUT2D eigenvalue weighted by Crippen LogP contribution is 2.37. The Morgan fingerprint density at radius 3 is 2.75 bits per heavy atom. The molecule has 1 aliphatic heterocycles. The Morgan fingerprint density at radius 1 is 1.29 bits per heavy atom. The van der Waals surface area contributed by atoms with Gasteiger partial charge in [-0.1, -0.05) is 36.4 Å². The molecule has 2 unspecified atom stereocenters. The molecule has 2 amide bonds. The van der Waals surface area contributed by atoms with E-state index in [4.69, 9.17) is 0 Å². The van der Waals surface area contributed by atoms with Crippen molar-refractivity contribution in [3.8, 4) is 0 Å². The third-order valence-corrected chi connectivity index (χ3v) is 6.17. The maximum atomic E-state index is 12.1. The van der Waals surface area contributed by atoms with Gasteiger partial charge < -0.3 is 5.32 Å². The zero-order chi connectivity index (χ0) is 17.1. The number of hydrogen-bond donors (Lipinski definition) is 1. The fourth-order valence-electron chi connectivity index (χ4n) is 2.97. The molecule has 1 saturated carbocycles. The molecule has 0 bridgehead atoms. The molecule has 8 heteroatoms. The number of nitrogens with zero attached hydrogens (tertiary/aromatic N) is 3. The summed E-state index contributed by atoms with van der Waals surface area (Å²) < 4.78 is 0. The van der Waals surface area contributed by atoms with E-state index in [0.29, 0.717) is 10.3 Å². The van der Waals surface area contributed by atoms with Crippen molar-refractivity contribution in [1.82, 2.24) is 15.3 Å². The van der Waals surface area contributed by atoms with Gasteiger partial charge in [0.15, 0.2) is 10.3 Å². The van der Waals surface area contributed by atoms with Crippen LogP contribution in [-0.2, 0) is 9.59 Å². The molecule has 0 radical (unpaired) electrons. The quantitative estimate of drug-likeness (QED) is 0.655. The normalized spacial score (nSPS) is 23.4. The molecule has 0 aromatic carbocycles. The van der Waals surface area contributed by atoms with E-state index in [1.54, 1.807) is 0 Å². The van der Waals surface area contributed by atoms with Crippen LogP contribution in [0.1, 0.15) is 37.1 Å². The van der Waals surface area contributed by atoms with Crippen molar-refractivity contribution in [2.75, 3.05) is 5.75 Å². The molecule has 2 aliphatic rings. The first-order valence-corrected chi connectivity index (χ1v) is 9.92. The van der Waals surface area contributed by atoms with Crippen molar-refractivity contribution in [3.63, 3.8) is 0 Å². The third-order valence-electron chi connectivity index (χ3n) is 4.03. The highest BCUT2D eigenvalue weighted by molar-refractivity contribution is 8.14. The smallest absolute Gasteiger partial charge is 0.252 e. The Hall–Kier alpha value is -1.41. The summed E-state index contributed by atoms with van der Waals surface area (Å²) in [7, 11) is 0. The standard InChI is InChI=1S/C16H20N4O2S2/c1-9-7-10(2)18-15(17-9)23-8-13(21)19-16-20-14(22)11-5-3-4-6-12(11)24-16/h7,11-12H,3-6,8H2,1-2H3,(H,19,20,21,22). The average molecular weight is 364 g/mol. The van der Waals surface area contributed by atoms with E-state index in [2.05, 4.69) is 20.3 Å². The van der Waals surface area contributed by atoms with Gasteiger partial charge in [0, 0.05) is 16.6 Å². The van der Waals surface area contributed by atoms with E-state index in [1.807, 2.05) is 19.9 Å². The van der Waals surface area contributed by atoms with E-state index < -0.39 is 0 Å². The molecule has 0 saturated heterocycles. The molecule has 0 spiro atoms. The molecule has 3 rings (SSSR count). The van der Waals surface area contributed by atoms with Crippen LogP contribution in [0.15, 0.2) is 16.2 Å². The van der Waals surface area contributed by atoms with Gasteiger partial charge in [-0.3, -0.25) is 9.59 Å². The zero-order valence-electron chi connectivity index (χ0n) is 13.7. The van der Waals surface area contributed by atoms with Crippen LogP contribution in [0.2, 0.25) is 0 Å². The van der Waals surface area contributed by atoms with Crippen LogP contribution in [0.5, 0.6) is 0 Å². The van der Waals surface area contributed by atoms with Crippen LogP contribution in [-0.4, -0.2) is 38.0 Å². The van der Waals surface area contributed by atoms with Crippen LogP contribution in [0.25, 0.3) is 0 Å². The largest absolute Gasteiger partial charge is 0.304 e. The van der Waals surface area contributed by atoms with Crippen molar-refractivity contribution in [2.24, 2.45) is 10.9 Å². The van der Waals surface area contributed by atoms with Gasteiger partial charge in [-0.05, 0) is 32.8 Å². The summed E-state index contributed by atoms with van der Waals surface area (Å²) in [5.41, 5.74) is 1.76. The lowest BCUT2D eigenvalue weighted by molar-refractivity contribution is -0.122. The molecule has 1 aliphatic carbocycles. The molecule has 6 nitrogen and oxygen atoms in total. The summed E-state index contributed by atoms with van der Waals surface area (Å²) in [4.78, 5) is 36.9. The maximum absolute atomic E-state index is 12.1. The molecule has 2 atom stereocenters. The summed E-state index contributed by atoms with van der Waals surface area (Å²) in [6.45, 7) is 3.80. The minimum atomic E-state index is -0.184. The van der Waals surface area contributed by atoms with Crippen molar-refractivity contribution >= 4 is 40.5 Å². The number of amidine groups is 1. The number of aliphatic imine (C=N–C) groups is 1. The highest BCUT2D eigenvalue weighted by Gasteiger charge is 2.36. The fourth-order valence-corrected chi connectivity index (χ4v) is 5.03. The minimum Gasteiger partial charge on any atom is -0.304 e. The predicted octanol–water partition coefficient (Wildman–Crippen LogP) is 2.49.